The standard InChI is InChI=1S/C11H13BrO4/c1-7(11(13)15-3)16-8-4-5-10(14-2)9(12)6-8/h4-7H,1-3H3. The van der Waals surface area contributed by atoms with Crippen LogP contribution in [-0.4, -0.2) is 26.3 Å². The van der Waals surface area contributed by atoms with Crippen LogP contribution in [0.2, 0.25) is 0 Å². The monoisotopic (exact) mass is 288 g/mol. The Labute approximate surface area is 103 Å². The van der Waals surface area contributed by atoms with Crippen molar-refractivity contribution in [2.75, 3.05) is 14.2 Å². The molecule has 0 aliphatic heterocycles. The van der Waals surface area contributed by atoms with Gasteiger partial charge in [0.25, 0.3) is 0 Å². The van der Waals surface area contributed by atoms with Gasteiger partial charge in [0.15, 0.2) is 6.10 Å². The minimum absolute atomic E-state index is 0.410. The molecule has 0 amide bonds. The van der Waals surface area contributed by atoms with Gasteiger partial charge in [-0.25, -0.2) is 4.79 Å². The second kappa shape index (κ2) is 5.75. The number of rotatable bonds is 4. The maximum absolute atomic E-state index is 11.1. The lowest BCUT2D eigenvalue weighted by molar-refractivity contribution is -0.147. The zero-order valence-corrected chi connectivity index (χ0v) is 10.9. The molecule has 0 heterocycles. The summed E-state index contributed by atoms with van der Waals surface area (Å²) in [7, 11) is 2.91. The summed E-state index contributed by atoms with van der Waals surface area (Å²) in [5.41, 5.74) is 0. The van der Waals surface area contributed by atoms with Gasteiger partial charge in [-0.2, -0.15) is 0 Å². The molecule has 0 saturated heterocycles. The summed E-state index contributed by atoms with van der Waals surface area (Å²) in [5, 5.41) is 0. The number of halogens is 1. The van der Waals surface area contributed by atoms with Crippen LogP contribution in [-0.2, 0) is 9.53 Å². The highest BCUT2D eigenvalue weighted by atomic mass is 79.9. The molecule has 0 bridgehead atoms. The predicted molar refractivity (Wildman–Crippen MR) is 62.8 cm³/mol. The first-order valence-electron chi connectivity index (χ1n) is 4.66. The molecule has 1 unspecified atom stereocenters. The van der Waals surface area contributed by atoms with Crippen molar-refractivity contribution >= 4 is 21.9 Å². The zero-order chi connectivity index (χ0) is 12.1. The molecule has 88 valence electrons. The molecule has 1 atom stereocenters. The van der Waals surface area contributed by atoms with Crippen molar-refractivity contribution in [1.29, 1.82) is 0 Å². The van der Waals surface area contributed by atoms with Crippen LogP contribution in [0, 0.1) is 0 Å². The summed E-state index contributed by atoms with van der Waals surface area (Å²) in [6.07, 6.45) is -0.634. The highest BCUT2D eigenvalue weighted by Gasteiger charge is 2.15. The van der Waals surface area contributed by atoms with Gasteiger partial charge >= 0.3 is 5.97 Å². The Morgan fingerprint density at radius 3 is 2.56 bits per heavy atom. The molecule has 4 nitrogen and oxygen atoms in total. The van der Waals surface area contributed by atoms with E-state index < -0.39 is 12.1 Å². The van der Waals surface area contributed by atoms with Crippen LogP contribution in [0.4, 0.5) is 0 Å². The Hall–Kier alpha value is -1.23. The van der Waals surface area contributed by atoms with Crippen LogP contribution in [0.15, 0.2) is 22.7 Å². The second-order valence-corrected chi connectivity index (χ2v) is 3.93. The number of esters is 1. The average molecular weight is 289 g/mol. The number of benzene rings is 1. The minimum Gasteiger partial charge on any atom is -0.496 e. The van der Waals surface area contributed by atoms with Gasteiger partial charge in [-0.1, -0.05) is 0 Å². The van der Waals surface area contributed by atoms with Gasteiger partial charge in [0.1, 0.15) is 11.5 Å². The van der Waals surface area contributed by atoms with E-state index in [4.69, 9.17) is 9.47 Å². The molecular weight excluding hydrogens is 276 g/mol. The normalized spacial score (nSPS) is 11.8. The van der Waals surface area contributed by atoms with Gasteiger partial charge in [-0.3, -0.25) is 0 Å². The number of methoxy groups -OCH3 is 2. The largest absolute Gasteiger partial charge is 0.496 e. The molecule has 0 saturated carbocycles. The van der Waals surface area contributed by atoms with E-state index in [0.717, 1.165) is 4.47 Å². The maximum atomic E-state index is 11.1. The lowest BCUT2D eigenvalue weighted by Gasteiger charge is -2.13. The van der Waals surface area contributed by atoms with E-state index in [1.54, 1.807) is 32.2 Å². The Morgan fingerprint density at radius 2 is 2.06 bits per heavy atom. The van der Waals surface area contributed by atoms with Gasteiger partial charge in [0, 0.05) is 0 Å². The number of hydrogen-bond donors (Lipinski definition) is 0. The van der Waals surface area contributed by atoms with Crippen molar-refractivity contribution in [3.63, 3.8) is 0 Å². The molecule has 16 heavy (non-hydrogen) atoms. The van der Waals surface area contributed by atoms with Crippen molar-refractivity contribution in [3.8, 4) is 11.5 Å². The Morgan fingerprint density at radius 1 is 1.38 bits per heavy atom. The summed E-state index contributed by atoms with van der Waals surface area (Å²) in [6, 6.07) is 5.21. The second-order valence-electron chi connectivity index (χ2n) is 3.08. The molecule has 5 heteroatoms. The predicted octanol–water partition coefficient (Wildman–Crippen LogP) is 2.40. The summed E-state index contributed by atoms with van der Waals surface area (Å²) in [5.74, 6) is 0.871. The van der Waals surface area contributed by atoms with Gasteiger partial charge in [0.05, 0.1) is 18.7 Å². The summed E-state index contributed by atoms with van der Waals surface area (Å²) < 4.78 is 15.8. The molecule has 0 spiro atoms. The molecule has 0 aliphatic carbocycles. The van der Waals surface area contributed by atoms with Crippen molar-refractivity contribution in [2.45, 2.75) is 13.0 Å². The van der Waals surface area contributed by atoms with E-state index in [2.05, 4.69) is 20.7 Å². The first-order chi connectivity index (χ1) is 7.58. The zero-order valence-electron chi connectivity index (χ0n) is 9.32. The molecule has 0 radical (unpaired) electrons. The minimum atomic E-state index is -0.634. The number of ether oxygens (including phenoxy) is 3. The first kappa shape index (κ1) is 12.8. The number of carbonyl (C=O) groups excluding carboxylic acids is 1. The molecule has 0 fully saturated rings. The fourth-order valence-corrected chi connectivity index (χ4v) is 1.66. The fraction of sp³-hybridized carbons (Fsp3) is 0.364. The quantitative estimate of drug-likeness (QED) is 0.798. The molecule has 1 rings (SSSR count). The van der Waals surface area contributed by atoms with E-state index in [0.29, 0.717) is 11.5 Å². The van der Waals surface area contributed by atoms with Crippen LogP contribution in [0.3, 0.4) is 0 Å². The van der Waals surface area contributed by atoms with E-state index in [1.165, 1.54) is 7.11 Å². The molecule has 0 N–H and O–H groups in total. The summed E-state index contributed by atoms with van der Waals surface area (Å²) >= 11 is 3.33. The fourth-order valence-electron chi connectivity index (χ4n) is 1.14. The van der Waals surface area contributed by atoms with Crippen LogP contribution in [0.25, 0.3) is 0 Å². The summed E-state index contributed by atoms with van der Waals surface area (Å²) in [6.45, 7) is 1.63. The van der Waals surface area contributed by atoms with Crippen molar-refractivity contribution in [2.24, 2.45) is 0 Å². The van der Waals surface area contributed by atoms with E-state index in [-0.39, 0.29) is 0 Å². The molecule has 1 aromatic carbocycles. The Bertz CT molecular complexity index is 378. The van der Waals surface area contributed by atoms with Crippen LogP contribution >= 0.6 is 15.9 Å². The molecule has 0 aromatic heterocycles. The average Bonchev–Trinajstić information content (AvgIpc) is 2.28. The third kappa shape index (κ3) is 3.13. The van der Waals surface area contributed by atoms with Gasteiger partial charge in [0.2, 0.25) is 0 Å². The SMILES string of the molecule is COC(=O)C(C)Oc1ccc(OC)c(Br)c1. The van der Waals surface area contributed by atoms with Gasteiger partial charge < -0.3 is 14.2 Å². The third-order valence-corrected chi connectivity index (χ3v) is 2.59. The highest BCUT2D eigenvalue weighted by Crippen LogP contribution is 2.29. The molecule has 0 aliphatic rings. The van der Waals surface area contributed by atoms with Crippen LogP contribution in [0.1, 0.15) is 6.92 Å². The highest BCUT2D eigenvalue weighted by molar-refractivity contribution is 9.10. The van der Waals surface area contributed by atoms with Crippen molar-refractivity contribution in [1.82, 2.24) is 0 Å². The Kier molecular flexibility index (Phi) is 4.61. The summed E-state index contributed by atoms with van der Waals surface area (Å²) in [4.78, 5) is 11.1. The van der Waals surface area contributed by atoms with Gasteiger partial charge in [-0.05, 0) is 41.1 Å². The van der Waals surface area contributed by atoms with Gasteiger partial charge in [-0.15, -0.1) is 0 Å². The lowest BCUT2D eigenvalue weighted by atomic mass is 10.3. The van der Waals surface area contributed by atoms with E-state index >= 15 is 0 Å². The Balaban J connectivity index is 2.75. The number of carbonyl (C=O) groups is 1. The van der Waals surface area contributed by atoms with Crippen molar-refractivity contribution < 1.29 is 19.0 Å². The third-order valence-electron chi connectivity index (χ3n) is 1.97. The van der Waals surface area contributed by atoms with E-state index in [9.17, 15) is 4.79 Å². The smallest absolute Gasteiger partial charge is 0.346 e. The van der Waals surface area contributed by atoms with Crippen LogP contribution in [0.5, 0.6) is 11.5 Å². The van der Waals surface area contributed by atoms with Crippen molar-refractivity contribution in [3.05, 3.63) is 22.7 Å². The van der Waals surface area contributed by atoms with Crippen LogP contribution < -0.4 is 9.47 Å². The first-order valence-corrected chi connectivity index (χ1v) is 5.45. The molecular formula is C11H13BrO4. The number of hydrogen-bond acceptors (Lipinski definition) is 4. The lowest BCUT2D eigenvalue weighted by Crippen LogP contribution is -2.24. The maximum Gasteiger partial charge on any atom is 0.346 e. The van der Waals surface area contributed by atoms with E-state index in [1.807, 2.05) is 0 Å². The molecule has 1 aromatic rings. The topological polar surface area (TPSA) is 44.8 Å².